The topological polar surface area (TPSA) is 50.8 Å². The van der Waals surface area contributed by atoms with Gasteiger partial charge in [0.25, 0.3) is 0 Å². The number of hydrogen-bond donors (Lipinski definition) is 0. The van der Waals surface area contributed by atoms with Crippen molar-refractivity contribution in [2.45, 2.75) is 44.9 Å². The van der Waals surface area contributed by atoms with E-state index in [9.17, 15) is 0 Å². The highest BCUT2D eigenvalue weighted by Gasteiger charge is 2.31. The highest BCUT2D eigenvalue weighted by Crippen LogP contribution is 2.41. The molecular weight excluding hydrogens is 282 g/mol. The molecule has 0 aromatic heterocycles. The molecule has 1 fully saturated rings. The van der Waals surface area contributed by atoms with Gasteiger partial charge in [-0.3, -0.25) is 0 Å². The number of nitriles is 2. The summed E-state index contributed by atoms with van der Waals surface area (Å²) in [4.78, 5) is 2.53. The fourth-order valence-electron chi connectivity index (χ4n) is 4.07. The molecule has 1 atom stereocenters. The number of nitrogens with zero attached hydrogens (tertiary/aromatic N) is 3. The number of hydrogen-bond acceptors (Lipinski definition) is 3. The number of likely N-dealkylation sites (tertiary alicyclic amines) is 1. The first-order chi connectivity index (χ1) is 11.3. The molecule has 0 radical (unpaired) electrons. The van der Waals surface area contributed by atoms with E-state index >= 15 is 0 Å². The summed E-state index contributed by atoms with van der Waals surface area (Å²) in [7, 11) is 0. The van der Waals surface area contributed by atoms with Gasteiger partial charge < -0.3 is 4.90 Å². The van der Waals surface area contributed by atoms with Crippen LogP contribution in [0.1, 0.15) is 49.7 Å². The van der Waals surface area contributed by atoms with Crippen LogP contribution < -0.4 is 0 Å². The minimum atomic E-state index is 0.427. The van der Waals surface area contributed by atoms with Crippen LogP contribution in [0.25, 0.3) is 5.57 Å². The lowest BCUT2D eigenvalue weighted by Crippen LogP contribution is -2.30. The molecule has 0 spiro atoms. The summed E-state index contributed by atoms with van der Waals surface area (Å²) in [5.41, 5.74) is 5.51. The van der Waals surface area contributed by atoms with E-state index in [1.54, 1.807) is 0 Å². The molecule has 23 heavy (non-hydrogen) atoms. The van der Waals surface area contributed by atoms with Gasteiger partial charge in [-0.1, -0.05) is 24.3 Å². The van der Waals surface area contributed by atoms with Crippen molar-refractivity contribution >= 4 is 5.57 Å². The van der Waals surface area contributed by atoms with Crippen molar-refractivity contribution in [3.05, 3.63) is 41.1 Å². The van der Waals surface area contributed by atoms with E-state index in [1.807, 2.05) is 0 Å². The van der Waals surface area contributed by atoms with Gasteiger partial charge in [0.1, 0.15) is 0 Å². The lowest BCUT2D eigenvalue weighted by atomic mass is 9.78. The molecule has 3 nitrogen and oxygen atoms in total. The van der Waals surface area contributed by atoms with Gasteiger partial charge in [-0.2, -0.15) is 10.5 Å². The van der Waals surface area contributed by atoms with Gasteiger partial charge in [0.15, 0.2) is 0 Å². The molecule has 3 rings (SSSR count). The average Bonchev–Trinajstić information content (AvgIpc) is 3.11. The van der Waals surface area contributed by atoms with Crippen molar-refractivity contribution in [3.8, 4) is 12.1 Å². The SMILES string of the molecule is N#CCCC1=C(N2CCCC2)C(CCC#N)Cc2ccccc21. The standard InChI is InChI=1S/C20H23N3/c21-11-5-8-17-15-16-7-1-2-9-18(16)19(10-6-12-22)20(17)23-13-3-4-14-23/h1-2,7,9,17H,3-6,8,10,13-15H2. The maximum atomic E-state index is 9.07. The molecule has 0 bridgehead atoms. The molecule has 1 aromatic carbocycles. The Balaban J connectivity index is 2.05. The smallest absolute Gasteiger partial charge is 0.0625 e. The lowest BCUT2D eigenvalue weighted by molar-refractivity contribution is 0.346. The molecular formula is C20H23N3. The molecule has 3 heteroatoms. The second kappa shape index (κ2) is 7.34. The first kappa shape index (κ1) is 15.6. The summed E-state index contributed by atoms with van der Waals surface area (Å²) < 4.78 is 0. The van der Waals surface area contributed by atoms with Crippen molar-refractivity contribution in [2.75, 3.05) is 13.1 Å². The molecule has 2 aliphatic rings. The number of fused-ring (bicyclic) bond motifs is 1. The van der Waals surface area contributed by atoms with Gasteiger partial charge in [0.2, 0.25) is 0 Å². The summed E-state index contributed by atoms with van der Waals surface area (Å²) in [6, 6.07) is 13.2. The Kier molecular flexibility index (Phi) is 4.99. The van der Waals surface area contributed by atoms with Crippen LogP contribution in [0.4, 0.5) is 0 Å². The zero-order valence-corrected chi connectivity index (χ0v) is 13.6. The third-order valence-electron chi connectivity index (χ3n) is 5.04. The summed E-state index contributed by atoms with van der Waals surface area (Å²) >= 11 is 0. The van der Waals surface area contributed by atoms with E-state index in [-0.39, 0.29) is 0 Å². The van der Waals surface area contributed by atoms with E-state index in [1.165, 1.54) is 35.2 Å². The van der Waals surface area contributed by atoms with Crippen molar-refractivity contribution < 1.29 is 0 Å². The third-order valence-corrected chi connectivity index (χ3v) is 5.04. The predicted octanol–water partition coefficient (Wildman–Crippen LogP) is 4.27. The van der Waals surface area contributed by atoms with Crippen LogP contribution in [0.2, 0.25) is 0 Å². The molecule has 1 aromatic rings. The van der Waals surface area contributed by atoms with Crippen LogP contribution >= 0.6 is 0 Å². The summed E-state index contributed by atoms with van der Waals surface area (Å²) in [5.74, 6) is 0.427. The van der Waals surface area contributed by atoms with E-state index in [2.05, 4.69) is 41.3 Å². The van der Waals surface area contributed by atoms with Gasteiger partial charge in [0, 0.05) is 37.5 Å². The van der Waals surface area contributed by atoms with Crippen molar-refractivity contribution in [3.63, 3.8) is 0 Å². The van der Waals surface area contributed by atoms with E-state index in [0.717, 1.165) is 32.4 Å². The number of benzene rings is 1. The summed E-state index contributed by atoms with van der Waals surface area (Å²) in [6.07, 6.45) is 6.44. The Labute approximate surface area is 138 Å². The quantitative estimate of drug-likeness (QED) is 0.816. The molecule has 0 amide bonds. The Hall–Kier alpha value is -2.26. The highest BCUT2D eigenvalue weighted by molar-refractivity contribution is 5.73. The Morgan fingerprint density at radius 1 is 1.04 bits per heavy atom. The fraction of sp³-hybridized carbons (Fsp3) is 0.500. The highest BCUT2D eigenvalue weighted by atomic mass is 15.2. The molecule has 1 heterocycles. The van der Waals surface area contributed by atoms with Crippen molar-refractivity contribution in [1.29, 1.82) is 10.5 Å². The average molecular weight is 305 g/mol. The second-order valence-electron chi connectivity index (χ2n) is 6.47. The van der Waals surface area contributed by atoms with E-state index in [4.69, 9.17) is 10.5 Å². The molecule has 1 aliphatic heterocycles. The van der Waals surface area contributed by atoms with Crippen molar-refractivity contribution in [2.24, 2.45) is 5.92 Å². The number of rotatable bonds is 5. The summed E-state index contributed by atoms with van der Waals surface area (Å²) in [6.45, 7) is 2.24. The van der Waals surface area contributed by atoms with Gasteiger partial charge in [-0.15, -0.1) is 0 Å². The molecule has 118 valence electrons. The predicted molar refractivity (Wildman–Crippen MR) is 91.1 cm³/mol. The zero-order chi connectivity index (χ0) is 16.1. The van der Waals surface area contributed by atoms with Crippen LogP contribution in [-0.4, -0.2) is 18.0 Å². The van der Waals surface area contributed by atoms with Crippen LogP contribution in [0.15, 0.2) is 30.0 Å². The Bertz CT molecular complexity index is 669. The lowest BCUT2D eigenvalue weighted by Gasteiger charge is -2.36. The van der Waals surface area contributed by atoms with Crippen LogP contribution in [0.3, 0.4) is 0 Å². The zero-order valence-electron chi connectivity index (χ0n) is 13.6. The molecule has 1 aliphatic carbocycles. The first-order valence-corrected chi connectivity index (χ1v) is 8.65. The Morgan fingerprint density at radius 2 is 1.78 bits per heavy atom. The van der Waals surface area contributed by atoms with Crippen LogP contribution in [-0.2, 0) is 6.42 Å². The largest absolute Gasteiger partial charge is 0.374 e. The molecule has 1 unspecified atom stereocenters. The van der Waals surface area contributed by atoms with Gasteiger partial charge >= 0.3 is 0 Å². The normalized spacial score (nSPS) is 20.1. The van der Waals surface area contributed by atoms with Gasteiger partial charge in [-0.25, -0.2) is 0 Å². The third kappa shape index (κ3) is 3.25. The minimum absolute atomic E-state index is 0.427. The molecule has 0 N–H and O–H groups in total. The Morgan fingerprint density at radius 3 is 2.52 bits per heavy atom. The maximum Gasteiger partial charge on any atom is 0.0625 e. The van der Waals surface area contributed by atoms with Crippen LogP contribution in [0, 0.1) is 28.6 Å². The van der Waals surface area contributed by atoms with Gasteiger partial charge in [0.05, 0.1) is 12.1 Å². The van der Waals surface area contributed by atoms with Crippen LogP contribution in [0.5, 0.6) is 0 Å². The minimum Gasteiger partial charge on any atom is -0.374 e. The molecule has 0 saturated carbocycles. The van der Waals surface area contributed by atoms with Gasteiger partial charge in [-0.05, 0) is 48.8 Å². The number of allylic oxidation sites excluding steroid dienone is 2. The molecule has 1 saturated heterocycles. The maximum absolute atomic E-state index is 9.07. The monoisotopic (exact) mass is 305 g/mol. The second-order valence-corrected chi connectivity index (χ2v) is 6.47. The first-order valence-electron chi connectivity index (χ1n) is 8.65. The van der Waals surface area contributed by atoms with E-state index < -0.39 is 0 Å². The van der Waals surface area contributed by atoms with E-state index in [0.29, 0.717) is 18.8 Å². The fourth-order valence-corrected chi connectivity index (χ4v) is 4.07. The van der Waals surface area contributed by atoms with Crippen molar-refractivity contribution in [1.82, 2.24) is 4.90 Å². The summed E-state index contributed by atoms with van der Waals surface area (Å²) in [5, 5.41) is 18.1.